The van der Waals surface area contributed by atoms with Crippen molar-refractivity contribution in [1.29, 1.82) is 0 Å². The molecule has 1 aliphatic rings. The van der Waals surface area contributed by atoms with Gasteiger partial charge in [0.25, 0.3) is 0 Å². The maximum Gasteiger partial charge on any atom is 0.121 e. The molecule has 5 heteroatoms. The summed E-state index contributed by atoms with van der Waals surface area (Å²) in [5, 5.41) is 9.93. The highest BCUT2D eigenvalue weighted by atomic mass is 32.2. The molecule has 0 amide bonds. The summed E-state index contributed by atoms with van der Waals surface area (Å²) in [6, 6.07) is 0. The molecule has 1 N–H and O–H groups in total. The van der Waals surface area contributed by atoms with Gasteiger partial charge < -0.3 is 14.6 Å². The van der Waals surface area contributed by atoms with Crippen molar-refractivity contribution in [1.82, 2.24) is 0 Å². The molecule has 0 spiro atoms. The topological polar surface area (TPSA) is 46.5 Å². The third-order valence-electron chi connectivity index (χ3n) is 2.90. The number of aliphatic hydroxyl groups is 1. The van der Waals surface area contributed by atoms with Crippen LogP contribution in [-0.4, -0.2) is 39.5 Å². The molecule has 100 valence electrons. The van der Waals surface area contributed by atoms with Gasteiger partial charge in [-0.25, -0.2) is 0 Å². The monoisotopic (exact) mass is 278 g/mol. The van der Waals surface area contributed by atoms with Crippen molar-refractivity contribution in [3.8, 4) is 0 Å². The van der Waals surface area contributed by atoms with E-state index in [9.17, 15) is 9.90 Å². The van der Waals surface area contributed by atoms with Crippen LogP contribution in [0.25, 0.3) is 0 Å². The Bertz CT molecular complexity index is 250. The number of aliphatic hydroxyl groups excluding tert-OH is 1. The minimum atomic E-state index is -0.458. The number of thiol groups is 1. The maximum atomic E-state index is 10.3. The molecule has 1 saturated heterocycles. The van der Waals surface area contributed by atoms with Crippen molar-refractivity contribution in [2.75, 3.05) is 5.75 Å². The molecule has 3 nitrogen and oxygen atoms in total. The van der Waals surface area contributed by atoms with Gasteiger partial charge in [0.05, 0.1) is 12.2 Å². The third-order valence-corrected chi connectivity index (χ3v) is 4.64. The van der Waals surface area contributed by atoms with Gasteiger partial charge in [-0.3, -0.25) is 0 Å². The molecule has 1 heterocycles. The summed E-state index contributed by atoms with van der Waals surface area (Å²) in [5.74, 6) is 1.07. The maximum absolute atomic E-state index is 10.3. The molecule has 0 aromatic carbocycles. The number of ether oxygens (including phenoxy) is 1. The van der Waals surface area contributed by atoms with Gasteiger partial charge in [-0.2, -0.15) is 12.6 Å². The Morgan fingerprint density at radius 1 is 1.71 bits per heavy atom. The summed E-state index contributed by atoms with van der Waals surface area (Å²) in [4.78, 5) is 10.0. The molecule has 0 aromatic heterocycles. The standard InChI is InChI=1S/C12H22O3S2/c1-9-4-6-17-12(2,15-9)8-10(14)7-11(16)3-5-13/h5,9-11,14,16H,3-4,6-8H2,1-2H3. The lowest BCUT2D eigenvalue weighted by molar-refractivity contribution is -0.107. The molecule has 17 heavy (non-hydrogen) atoms. The van der Waals surface area contributed by atoms with Crippen molar-refractivity contribution < 1.29 is 14.6 Å². The minimum absolute atomic E-state index is 0.0582. The first kappa shape index (κ1) is 15.3. The summed E-state index contributed by atoms with van der Waals surface area (Å²) in [7, 11) is 0. The summed E-state index contributed by atoms with van der Waals surface area (Å²) >= 11 is 6.03. The Morgan fingerprint density at radius 3 is 3.00 bits per heavy atom. The highest BCUT2D eigenvalue weighted by Gasteiger charge is 2.34. The van der Waals surface area contributed by atoms with Gasteiger partial charge >= 0.3 is 0 Å². The zero-order valence-electron chi connectivity index (χ0n) is 10.5. The van der Waals surface area contributed by atoms with E-state index in [-0.39, 0.29) is 16.3 Å². The van der Waals surface area contributed by atoms with Crippen LogP contribution >= 0.6 is 24.4 Å². The van der Waals surface area contributed by atoms with E-state index in [2.05, 4.69) is 19.6 Å². The minimum Gasteiger partial charge on any atom is -0.393 e. The smallest absolute Gasteiger partial charge is 0.121 e. The van der Waals surface area contributed by atoms with Gasteiger partial charge in [0.1, 0.15) is 11.2 Å². The second-order valence-electron chi connectivity index (χ2n) is 4.85. The second kappa shape index (κ2) is 7.02. The lowest BCUT2D eigenvalue weighted by Gasteiger charge is -2.38. The van der Waals surface area contributed by atoms with Crippen LogP contribution < -0.4 is 0 Å². The van der Waals surface area contributed by atoms with E-state index < -0.39 is 6.10 Å². The zero-order chi connectivity index (χ0) is 12.9. The van der Waals surface area contributed by atoms with Gasteiger partial charge in [0.15, 0.2) is 0 Å². The van der Waals surface area contributed by atoms with E-state index in [1.807, 2.05) is 6.92 Å². The van der Waals surface area contributed by atoms with E-state index in [4.69, 9.17) is 4.74 Å². The summed E-state index contributed by atoms with van der Waals surface area (Å²) in [6.45, 7) is 4.10. The number of hydrogen-bond donors (Lipinski definition) is 2. The fourth-order valence-electron chi connectivity index (χ4n) is 2.10. The van der Waals surface area contributed by atoms with Crippen LogP contribution in [0, 0.1) is 0 Å². The van der Waals surface area contributed by atoms with Crippen LogP contribution in [0.15, 0.2) is 0 Å². The van der Waals surface area contributed by atoms with E-state index in [1.165, 1.54) is 0 Å². The Morgan fingerprint density at radius 2 is 2.41 bits per heavy atom. The lowest BCUT2D eigenvalue weighted by Crippen LogP contribution is -2.38. The van der Waals surface area contributed by atoms with Crippen LogP contribution in [0.4, 0.5) is 0 Å². The van der Waals surface area contributed by atoms with Crippen molar-refractivity contribution in [2.24, 2.45) is 0 Å². The number of thioether (sulfide) groups is 1. The Labute approximate surface area is 113 Å². The zero-order valence-corrected chi connectivity index (χ0v) is 12.2. The number of aldehydes is 1. The number of carbonyl (C=O) groups excluding carboxylic acids is 1. The van der Waals surface area contributed by atoms with Crippen molar-refractivity contribution in [2.45, 2.75) is 61.9 Å². The molecule has 1 fully saturated rings. The largest absolute Gasteiger partial charge is 0.393 e. The van der Waals surface area contributed by atoms with Gasteiger partial charge in [-0.05, 0) is 32.4 Å². The van der Waals surface area contributed by atoms with Crippen LogP contribution in [-0.2, 0) is 9.53 Å². The van der Waals surface area contributed by atoms with Gasteiger partial charge in [-0.1, -0.05) is 0 Å². The van der Waals surface area contributed by atoms with Crippen LogP contribution in [0.1, 0.15) is 39.5 Å². The molecule has 0 bridgehead atoms. The average Bonchev–Trinajstić information content (AvgIpc) is 2.15. The quantitative estimate of drug-likeness (QED) is 0.578. The fraction of sp³-hybridized carbons (Fsp3) is 0.917. The highest BCUT2D eigenvalue weighted by Crippen LogP contribution is 2.38. The van der Waals surface area contributed by atoms with Crippen molar-refractivity contribution >= 4 is 30.7 Å². The fourth-order valence-corrected chi connectivity index (χ4v) is 3.85. The Kier molecular flexibility index (Phi) is 6.34. The van der Waals surface area contributed by atoms with Gasteiger partial charge in [0.2, 0.25) is 0 Å². The van der Waals surface area contributed by atoms with E-state index in [0.29, 0.717) is 19.3 Å². The van der Waals surface area contributed by atoms with Crippen LogP contribution in [0.5, 0.6) is 0 Å². The second-order valence-corrected chi connectivity index (χ2v) is 7.14. The predicted molar refractivity (Wildman–Crippen MR) is 74.7 cm³/mol. The third kappa shape index (κ3) is 5.64. The molecule has 0 aliphatic carbocycles. The average molecular weight is 278 g/mol. The van der Waals surface area contributed by atoms with Crippen molar-refractivity contribution in [3.05, 3.63) is 0 Å². The number of carbonyl (C=O) groups is 1. The molecule has 0 aromatic rings. The molecule has 1 aliphatic heterocycles. The lowest BCUT2D eigenvalue weighted by atomic mass is 10.1. The van der Waals surface area contributed by atoms with Crippen molar-refractivity contribution in [3.63, 3.8) is 0 Å². The van der Waals surface area contributed by atoms with Gasteiger partial charge in [0, 0.05) is 18.1 Å². The molecule has 0 saturated carbocycles. The Hall–Kier alpha value is 0.290. The van der Waals surface area contributed by atoms with E-state index in [1.54, 1.807) is 11.8 Å². The summed E-state index contributed by atoms with van der Waals surface area (Å²) in [6.07, 6.45) is 3.24. The van der Waals surface area contributed by atoms with Crippen LogP contribution in [0.2, 0.25) is 0 Å². The van der Waals surface area contributed by atoms with E-state index >= 15 is 0 Å². The number of hydrogen-bond acceptors (Lipinski definition) is 5. The van der Waals surface area contributed by atoms with Gasteiger partial charge in [-0.15, -0.1) is 11.8 Å². The molecular weight excluding hydrogens is 256 g/mol. The first-order chi connectivity index (χ1) is 7.95. The summed E-state index contributed by atoms with van der Waals surface area (Å²) < 4.78 is 5.89. The van der Waals surface area contributed by atoms with E-state index in [0.717, 1.165) is 18.5 Å². The molecule has 1 rings (SSSR count). The SMILES string of the molecule is CC1CCSC(C)(CC(O)CC(S)CC=O)O1. The molecule has 4 atom stereocenters. The number of rotatable bonds is 6. The van der Waals surface area contributed by atoms with Crippen LogP contribution in [0.3, 0.4) is 0 Å². The summed E-state index contributed by atoms with van der Waals surface area (Å²) in [5.41, 5.74) is 0. The highest BCUT2D eigenvalue weighted by molar-refractivity contribution is 8.00. The normalized spacial score (nSPS) is 33.1. The first-order valence-corrected chi connectivity index (χ1v) is 7.57. The molecule has 4 unspecified atom stereocenters. The Balaban J connectivity index is 2.38. The molecule has 0 radical (unpaired) electrons. The molecular formula is C12H22O3S2. The predicted octanol–water partition coefficient (Wildman–Crippen LogP) is 2.27. The first-order valence-electron chi connectivity index (χ1n) is 6.07.